The molecule has 0 aromatic heterocycles. The van der Waals surface area contributed by atoms with Crippen molar-refractivity contribution in [2.45, 2.75) is 50.6 Å². The predicted octanol–water partition coefficient (Wildman–Crippen LogP) is 3.40. The van der Waals surface area contributed by atoms with Crippen LogP contribution in [-0.4, -0.2) is 31.2 Å². The van der Waals surface area contributed by atoms with Gasteiger partial charge in [0.15, 0.2) is 0 Å². The summed E-state index contributed by atoms with van der Waals surface area (Å²) in [6.07, 6.45) is 10.8. The Kier molecular flexibility index (Phi) is 3.28. The molecule has 4 saturated carbocycles. The monoisotopic (exact) mass is 253 g/mol. The molecule has 0 aromatic carbocycles. The molecule has 0 N–H and O–H groups in total. The second-order valence-electron chi connectivity index (χ2n) is 7.48. The average Bonchev–Trinajstić information content (AvgIpc) is 2.23. The van der Waals surface area contributed by atoms with Crippen molar-refractivity contribution in [1.82, 2.24) is 4.90 Å². The van der Waals surface area contributed by atoms with Crippen LogP contribution in [0, 0.1) is 23.2 Å². The van der Waals surface area contributed by atoms with Crippen LogP contribution in [0.4, 0.5) is 0 Å². The molecule has 2 heteroatoms. The first kappa shape index (κ1) is 12.4. The molecule has 2 atom stereocenters. The van der Waals surface area contributed by atoms with E-state index in [1.54, 1.807) is 38.5 Å². The zero-order valence-corrected chi connectivity index (χ0v) is 12.6. The van der Waals surface area contributed by atoms with Gasteiger partial charge in [0.1, 0.15) is 0 Å². The summed E-state index contributed by atoms with van der Waals surface area (Å²) in [6, 6.07) is 0. The van der Waals surface area contributed by atoms with Crippen LogP contribution in [0.5, 0.6) is 0 Å². The molecule has 4 bridgehead atoms. The minimum Gasteiger partial charge on any atom is -0.309 e. The highest BCUT2D eigenvalue weighted by atomic mass is 31.0. The van der Waals surface area contributed by atoms with E-state index >= 15 is 0 Å². The Morgan fingerprint density at radius 2 is 1.53 bits per heavy atom. The Hall–Kier alpha value is 0.390. The largest absolute Gasteiger partial charge is 0.309 e. The minimum atomic E-state index is 0.732. The zero-order chi connectivity index (χ0) is 12.0. The van der Waals surface area contributed by atoms with Crippen LogP contribution in [0.25, 0.3) is 0 Å². The molecule has 0 heterocycles. The summed E-state index contributed by atoms with van der Waals surface area (Å²) in [5, 5.41) is 0. The first-order valence-corrected chi connectivity index (χ1v) is 8.14. The van der Waals surface area contributed by atoms with Crippen LogP contribution in [-0.2, 0) is 0 Å². The third-order valence-electron chi connectivity index (χ3n) is 5.76. The Morgan fingerprint density at radius 1 is 1.06 bits per heavy atom. The van der Waals surface area contributed by atoms with Crippen molar-refractivity contribution < 1.29 is 0 Å². The van der Waals surface area contributed by atoms with Crippen molar-refractivity contribution in [3.05, 3.63) is 0 Å². The van der Waals surface area contributed by atoms with Crippen LogP contribution in [0.2, 0.25) is 0 Å². The van der Waals surface area contributed by atoms with E-state index in [4.69, 9.17) is 0 Å². The molecule has 0 saturated heterocycles. The standard InChI is InChI=1S/C15H28NP/c1-16(2)4-3-14(17)15-8-11-5-12(9-15)7-13(6-11)10-15/h11-14H,3-10,17H2,1-2H3. The molecule has 17 heavy (non-hydrogen) atoms. The first-order chi connectivity index (χ1) is 8.07. The van der Waals surface area contributed by atoms with Crippen molar-refractivity contribution in [2.24, 2.45) is 23.2 Å². The van der Waals surface area contributed by atoms with Crippen LogP contribution < -0.4 is 0 Å². The van der Waals surface area contributed by atoms with Crippen LogP contribution in [0.3, 0.4) is 0 Å². The summed E-state index contributed by atoms with van der Waals surface area (Å²) in [4.78, 5) is 2.34. The molecule has 1 nitrogen and oxygen atoms in total. The fourth-order valence-electron chi connectivity index (χ4n) is 5.34. The van der Waals surface area contributed by atoms with E-state index in [9.17, 15) is 0 Å². The fraction of sp³-hybridized carbons (Fsp3) is 1.00. The first-order valence-electron chi connectivity index (χ1n) is 7.48. The summed E-state index contributed by atoms with van der Waals surface area (Å²) < 4.78 is 0. The summed E-state index contributed by atoms with van der Waals surface area (Å²) in [6.45, 7) is 1.26. The smallest absolute Gasteiger partial charge is 0.00188 e. The van der Waals surface area contributed by atoms with Gasteiger partial charge >= 0.3 is 0 Å². The highest BCUT2D eigenvalue weighted by molar-refractivity contribution is 7.17. The summed E-state index contributed by atoms with van der Waals surface area (Å²) in [7, 11) is 7.64. The molecule has 0 aliphatic heterocycles. The van der Waals surface area contributed by atoms with Gasteiger partial charge in [-0.1, -0.05) is 0 Å². The fourth-order valence-corrected chi connectivity index (χ4v) is 5.89. The van der Waals surface area contributed by atoms with Crippen LogP contribution in [0.1, 0.15) is 44.9 Å². The van der Waals surface area contributed by atoms with E-state index in [-0.39, 0.29) is 0 Å². The van der Waals surface area contributed by atoms with Crippen molar-refractivity contribution >= 4 is 9.24 Å². The molecule has 4 fully saturated rings. The minimum absolute atomic E-state index is 0.732. The second-order valence-corrected chi connectivity index (χ2v) is 8.28. The van der Waals surface area contributed by atoms with E-state index in [1.807, 2.05) is 0 Å². The lowest BCUT2D eigenvalue weighted by Crippen LogP contribution is -2.50. The maximum Gasteiger partial charge on any atom is -0.00188 e. The molecule has 0 spiro atoms. The van der Waals surface area contributed by atoms with Gasteiger partial charge in [-0.25, -0.2) is 0 Å². The third kappa shape index (κ3) is 2.30. The Bertz CT molecular complexity index is 251. The molecular formula is C15H28NP. The van der Waals surface area contributed by atoms with E-state index < -0.39 is 0 Å². The highest BCUT2D eigenvalue weighted by Crippen LogP contribution is 2.62. The molecule has 2 unspecified atom stereocenters. The van der Waals surface area contributed by atoms with Gasteiger partial charge in [0.05, 0.1) is 0 Å². The number of hydrogen-bond acceptors (Lipinski definition) is 1. The molecule has 0 amide bonds. The predicted molar refractivity (Wildman–Crippen MR) is 77.3 cm³/mol. The molecule has 4 rings (SSSR count). The lowest BCUT2D eigenvalue weighted by atomic mass is 9.48. The SMILES string of the molecule is CN(C)CCC(P)C12CC3CC(CC(C3)C1)C2. The molecule has 0 radical (unpaired) electrons. The maximum atomic E-state index is 3.23. The topological polar surface area (TPSA) is 3.24 Å². The molecule has 4 aliphatic carbocycles. The Morgan fingerprint density at radius 3 is 1.94 bits per heavy atom. The van der Waals surface area contributed by atoms with Gasteiger partial charge in [-0.2, -0.15) is 0 Å². The van der Waals surface area contributed by atoms with Crippen molar-refractivity contribution in [3.8, 4) is 0 Å². The van der Waals surface area contributed by atoms with Gasteiger partial charge < -0.3 is 4.90 Å². The Balaban J connectivity index is 1.68. The van der Waals surface area contributed by atoms with Gasteiger partial charge in [-0.3, -0.25) is 0 Å². The van der Waals surface area contributed by atoms with E-state index in [0.29, 0.717) is 0 Å². The van der Waals surface area contributed by atoms with E-state index in [2.05, 4.69) is 28.2 Å². The summed E-state index contributed by atoms with van der Waals surface area (Å²) in [5.74, 6) is 3.30. The van der Waals surface area contributed by atoms with Crippen molar-refractivity contribution in [3.63, 3.8) is 0 Å². The summed E-state index contributed by atoms with van der Waals surface area (Å²) in [5.41, 5.74) is 1.60. The van der Waals surface area contributed by atoms with E-state index in [1.165, 1.54) is 13.0 Å². The third-order valence-corrected chi connectivity index (χ3v) is 6.80. The summed E-state index contributed by atoms with van der Waals surface area (Å²) >= 11 is 0. The normalized spacial score (nSPS) is 45.5. The maximum absolute atomic E-state index is 3.23. The van der Waals surface area contributed by atoms with Gasteiger partial charge in [0, 0.05) is 0 Å². The number of rotatable bonds is 4. The molecular weight excluding hydrogens is 225 g/mol. The lowest BCUT2D eigenvalue weighted by molar-refractivity contribution is -0.0550. The second kappa shape index (κ2) is 4.49. The van der Waals surface area contributed by atoms with Gasteiger partial charge in [-0.05, 0) is 94.4 Å². The van der Waals surface area contributed by atoms with E-state index in [0.717, 1.165) is 28.8 Å². The van der Waals surface area contributed by atoms with Gasteiger partial charge in [-0.15, -0.1) is 9.24 Å². The molecule has 98 valence electrons. The van der Waals surface area contributed by atoms with Gasteiger partial charge in [0.2, 0.25) is 0 Å². The van der Waals surface area contributed by atoms with Crippen molar-refractivity contribution in [1.29, 1.82) is 0 Å². The average molecular weight is 253 g/mol. The number of nitrogens with zero attached hydrogens (tertiary/aromatic N) is 1. The Labute approximate surface area is 109 Å². The van der Waals surface area contributed by atoms with Crippen LogP contribution >= 0.6 is 9.24 Å². The van der Waals surface area contributed by atoms with Crippen LogP contribution in [0.15, 0.2) is 0 Å². The van der Waals surface area contributed by atoms with Crippen molar-refractivity contribution in [2.75, 3.05) is 20.6 Å². The highest BCUT2D eigenvalue weighted by Gasteiger charge is 2.52. The van der Waals surface area contributed by atoms with Gasteiger partial charge in [0.25, 0.3) is 0 Å². The number of hydrogen-bond donors (Lipinski definition) is 0. The molecule has 4 aliphatic rings. The quantitative estimate of drug-likeness (QED) is 0.694. The zero-order valence-electron chi connectivity index (χ0n) is 11.5. The molecule has 0 aromatic rings. The lowest BCUT2D eigenvalue weighted by Gasteiger charge is -2.59.